The van der Waals surface area contributed by atoms with Crippen molar-refractivity contribution in [2.45, 2.75) is 18.4 Å². The molecule has 0 aliphatic carbocycles. The van der Waals surface area contributed by atoms with E-state index in [1.165, 1.54) is 0 Å². The molecule has 1 rings (SSSR count). The molecule has 74 valence electrons. The molecule has 0 radical (unpaired) electrons. The van der Waals surface area contributed by atoms with Gasteiger partial charge in [-0.05, 0) is 0 Å². The molecular weight excluding hydrogens is 190 g/mol. The Labute approximate surface area is 83.8 Å². The first-order valence-electron chi connectivity index (χ1n) is 4.43. The van der Waals surface area contributed by atoms with E-state index in [9.17, 15) is 0 Å². The summed E-state index contributed by atoms with van der Waals surface area (Å²) in [7, 11) is 0. The van der Waals surface area contributed by atoms with Crippen LogP contribution in [0.3, 0.4) is 0 Å². The molecule has 0 aromatic rings. The fraction of sp³-hybridized carbons (Fsp3) is 0.889. The molecule has 1 aliphatic heterocycles. The van der Waals surface area contributed by atoms with Gasteiger partial charge in [0.05, 0.1) is 32.7 Å². The molecule has 1 heterocycles. The SMILES string of the molecule is [C-]#[N+]C1(COCCCl)CCOCC1. The van der Waals surface area contributed by atoms with Gasteiger partial charge in [0.2, 0.25) is 0 Å². The maximum Gasteiger partial charge on any atom is 0.259 e. The molecule has 1 saturated heterocycles. The quantitative estimate of drug-likeness (QED) is 0.395. The van der Waals surface area contributed by atoms with Crippen LogP contribution in [0.15, 0.2) is 0 Å². The van der Waals surface area contributed by atoms with E-state index < -0.39 is 0 Å². The summed E-state index contributed by atoms with van der Waals surface area (Å²) in [5.74, 6) is 0.491. The third-order valence-electron chi connectivity index (χ3n) is 2.25. The van der Waals surface area contributed by atoms with Crippen molar-refractivity contribution in [3.05, 3.63) is 11.4 Å². The predicted molar refractivity (Wildman–Crippen MR) is 50.9 cm³/mol. The first-order chi connectivity index (χ1) is 6.33. The molecule has 0 bridgehead atoms. The molecule has 4 heteroatoms. The van der Waals surface area contributed by atoms with E-state index in [-0.39, 0.29) is 5.54 Å². The maximum atomic E-state index is 7.14. The molecule has 3 nitrogen and oxygen atoms in total. The van der Waals surface area contributed by atoms with Gasteiger partial charge in [0, 0.05) is 5.88 Å². The first kappa shape index (κ1) is 10.8. The molecule has 0 N–H and O–H groups in total. The predicted octanol–water partition coefficient (Wildman–Crippen LogP) is 1.71. The molecule has 0 atom stereocenters. The van der Waals surface area contributed by atoms with Crippen LogP contribution >= 0.6 is 11.6 Å². The van der Waals surface area contributed by atoms with Gasteiger partial charge in [0.25, 0.3) is 5.54 Å². The van der Waals surface area contributed by atoms with E-state index in [4.69, 9.17) is 27.6 Å². The Bertz CT molecular complexity index is 185. The summed E-state index contributed by atoms with van der Waals surface area (Å²) in [6.07, 6.45) is 1.55. The van der Waals surface area contributed by atoms with Crippen LogP contribution in [0.1, 0.15) is 12.8 Å². The van der Waals surface area contributed by atoms with Crippen molar-refractivity contribution in [2.24, 2.45) is 0 Å². The summed E-state index contributed by atoms with van der Waals surface area (Å²) >= 11 is 5.48. The molecule has 0 aromatic heterocycles. The average molecular weight is 204 g/mol. The molecule has 0 aromatic carbocycles. The number of rotatable bonds is 4. The van der Waals surface area contributed by atoms with Crippen LogP contribution in [0.25, 0.3) is 4.85 Å². The molecule has 0 unspecified atom stereocenters. The normalized spacial score (nSPS) is 20.9. The van der Waals surface area contributed by atoms with Gasteiger partial charge in [0.1, 0.15) is 6.61 Å². The molecule has 1 aliphatic rings. The monoisotopic (exact) mass is 203 g/mol. The number of nitrogens with zero attached hydrogens (tertiary/aromatic N) is 1. The Kier molecular flexibility index (Phi) is 4.51. The van der Waals surface area contributed by atoms with Gasteiger partial charge in [-0.15, -0.1) is 11.6 Å². The molecule has 13 heavy (non-hydrogen) atoms. The number of hydrogen-bond acceptors (Lipinski definition) is 2. The van der Waals surface area contributed by atoms with Crippen molar-refractivity contribution in [1.29, 1.82) is 0 Å². The second-order valence-corrected chi connectivity index (χ2v) is 3.57. The molecule has 0 saturated carbocycles. The Morgan fingerprint density at radius 2 is 2.15 bits per heavy atom. The molecular formula is C9H14ClNO2. The number of hydrogen-bond donors (Lipinski definition) is 0. The largest absolute Gasteiger partial charge is 0.381 e. The second kappa shape index (κ2) is 5.43. The van der Waals surface area contributed by atoms with Crippen molar-refractivity contribution < 1.29 is 9.47 Å². The van der Waals surface area contributed by atoms with E-state index >= 15 is 0 Å². The zero-order valence-corrected chi connectivity index (χ0v) is 8.35. The topological polar surface area (TPSA) is 22.8 Å². The third kappa shape index (κ3) is 3.15. The lowest BCUT2D eigenvalue weighted by molar-refractivity contribution is 0.0232. The molecule has 1 fully saturated rings. The standard InChI is InChI=1S/C9H14ClNO2/c1-11-9(8-13-7-4-10)2-5-12-6-3-9/h2-8H2. The fourth-order valence-corrected chi connectivity index (χ4v) is 1.47. The Balaban J connectivity index is 2.35. The van der Waals surface area contributed by atoms with Gasteiger partial charge in [-0.25, -0.2) is 6.57 Å². The van der Waals surface area contributed by atoms with Crippen molar-refractivity contribution in [1.82, 2.24) is 0 Å². The maximum absolute atomic E-state index is 7.14. The van der Waals surface area contributed by atoms with Gasteiger partial charge in [0.15, 0.2) is 0 Å². The Hall–Kier alpha value is -0.300. The van der Waals surface area contributed by atoms with Crippen LogP contribution in [0.2, 0.25) is 0 Å². The summed E-state index contributed by atoms with van der Waals surface area (Å²) in [5, 5.41) is 0. The number of alkyl halides is 1. The van der Waals surface area contributed by atoms with E-state index in [2.05, 4.69) is 4.85 Å². The van der Waals surface area contributed by atoms with Crippen LogP contribution in [-0.4, -0.2) is 37.8 Å². The van der Waals surface area contributed by atoms with Crippen molar-refractivity contribution in [2.75, 3.05) is 32.3 Å². The summed E-state index contributed by atoms with van der Waals surface area (Å²) < 4.78 is 10.5. The van der Waals surface area contributed by atoms with Crippen molar-refractivity contribution in [3.8, 4) is 0 Å². The van der Waals surface area contributed by atoms with Gasteiger partial charge in [-0.2, -0.15) is 0 Å². The number of ether oxygens (including phenoxy) is 2. The fourth-order valence-electron chi connectivity index (χ4n) is 1.36. The Morgan fingerprint density at radius 1 is 1.46 bits per heavy atom. The number of halogens is 1. The lowest BCUT2D eigenvalue weighted by atomic mass is 9.92. The first-order valence-corrected chi connectivity index (χ1v) is 4.96. The van der Waals surface area contributed by atoms with E-state index in [0.29, 0.717) is 32.3 Å². The smallest absolute Gasteiger partial charge is 0.259 e. The van der Waals surface area contributed by atoms with E-state index in [1.807, 2.05) is 0 Å². The summed E-state index contributed by atoms with van der Waals surface area (Å²) in [5.41, 5.74) is -0.343. The van der Waals surface area contributed by atoms with Crippen LogP contribution in [-0.2, 0) is 9.47 Å². The second-order valence-electron chi connectivity index (χ2n) is 3.19. The van der Waals surface area contributed by atoms with E-state index in [0.717, 1.165) is 12.8 Å². The molecule has 0 amide bonds. The lowest BCUT2D eigenvalue weighted by Crippen LogP contribution is -2.37. The third-order valence-corrected chi connectivity index (χ3v) is 2.41. The van der Waals surface area contributed by atoms with E-state index in [1.54, 1.807) is 0 Å². The highest BCUT2D eigenvalue weighted by atomic mass is 35.5. The molecule has 0 spiro atoms. The van der Waals surface area contributed by atoms with Crippen LogP contribution < -0.4 is 0 Å². The van der Waals surface area contributed by atoms with Crippen molar-refractivity contribution in [3.63, 3.8) is 0 Å². The Morgan fingerprint density at radius 3 is 2.69 bits per heavy atom. The van der Waals surface area contributed by atoms with Crippen LogP contribution in [0.5, 0.6) is 0 Å². The highest BCUT2D eigenvalue weighted by molar-refractivity contribution is 6.17. The average Bonchev–Trinajstić information content (AvgIpc) is 2.20. The van der Waals surface area contributed by atoms with Crippen LogP contribution in [0, 0.1) is 6.57 Å². The van der Waals surface area contributed by atoms with Crippen molar-refractivity contribution >= 4 is 11.6 Å². The minimum absolute atomic E-state index is 0.343. The summed E-state index contributed by atoms with van der Waals surface area (Å²) in [4.78, 5) is 3.65. The van der Waals surface area contributed by atoms with Gasteiger partial charge in [-0.1, -0.05) is 0 Å². The minimum atomic E-state index is -0.343. The van der Waals surface area contributed by atoms with Crippen LogP contribution in [0.4, 0.5) is 0 Å². The summed E-state index contributed by atoms with van der Waals surface area (Å²) in [6, 6.07) is 0. The van der Waals surface area contributed by atoms with Gasteiger partial charge < -0.3 is 14.3 Å². The van der Waals surface area contributed by atoms with Gasteiger partial charge >= 0.3 is 0 Å². The zero-order valence-electron chi connectivity index (χ0n) is 7.59. The summed E-state index contributed by atoms with van der Waals surface area (Å²) in [6.45, 7) is 9.50. The lowest BCUT2D eigenvalue weighted by Gasteiger charge is -2.25. The minimum Gasteiger partial charge on any atom is -0.381 e. The highest BCUT2D eigenvalue weighted by Gasteiger charge is 2.38. The highest BCUT2D eigenvalue weighted by Crippen LogP contribution is 2.25. The zero-order chi connectivity index (χ0) is 9.57. The van der Waals surface area contributed by atoms with Gasteiger partial charge in [-0.3, -0.25) is 0 Å².